The topological polar surface area (TPSA) is 55.9 Å². The molecule has 1 unspecified atom stereocenters. The van der Waals surface area contributed by atoms with Gasteiger partial charge in [0, 0.05) is 51.4 Å². The highest BCUT2D eigenvalue weighted by atomic mass is 16.2. The maximum atomic E-state index is 12.7. The number of carbonyl (C=O) groups is 2. The Morgan fingerprint density at radius 3 is 2.46 bits per heavy atom. The number of piperazine rings is 1. The van der Waals surface area contributed by atoms with Crippen LogP contribution in [0.1, 0.15) is 29.3 Å². The van der Waals surface area contributed by atoms with Crippen LogP contribution in [0.3, 0.4) is 0 Å². The van der Waals surface area contributed by atoms with Crippen molar-refractivity contribution in [3.63, 3.8) is 0 Å². The molecule has 1 aromatic carbocycles. The van der Waals surface area contributed by atoms with E-state index in [9.17, 15) is 9.59 Å². The minimum absolute atomic E-state index is 0.0287. The summed E-state index contributed by atoms with van der Waals surface area (Å²) >= 11 is 0. The monoisotopic (exact) mass is 358 g/mol. The zero-order chi connectivity index (χ0) is 18.5. The van der Waals surface area contributed by atoms with Gasteiger partial charge in [-0.25, -0.2) is 0 Å². The number of likely N-dealkylation sites (tertiary alicyclic amines) is 1. The first-order valence-electron chi connectivity index (χ1n) is 9.67. The van der Waals surface area contributed by atoms with Gasteiger partial charge in [-0.2, -0.15) is 0 Å². The molecular formula is C20H30N4O2. The van der Waals surface area contributed by atoms with Crippen LogP contribution in [0.4, 0.5) is 0 Å². The van der Waals surface area contributed by atoms with Gasteiger partial charge in [0.1, 0.15) is 0 Å². The molecule has 0 aliphatic carbocycles. The largest absolute Gasteiger partial charge is 0.350 e. The Balaban J connectivity index is 1.43. The molecule has 1 aromatic rings. The van der Waals surface area contributed by atoms with Gasteiger partial charge in [-0.05, 0) is 37.6 Å². The maximum absolute atomic E-state index is 12.7. The molecule has 2 saturated heterocycles. The second-order valence-electron chi connectivity index (χ2n) is 7.28. The first kappa shape index (κ1) is 18.9. The molecule has 0 saturated carbocycles. The van der Waals surface area contributed by atoms with E-state index in [4.69, 9.17) is 0 Å². The van der Waals surface area contributed by atoms with Crippen LogP contribution in [0.15, 0.2) is 24.3 Å². The second-order valence-corrected chi connectivity index (χ2v) is 7.28. The van der Waals surface area contributed by atoms with Crippen LogP contribution in [-0.2, 0) is 11.2 Å². The average Bonchev–Trinajstić information content (AvgIpc) is 3.03. The first-order chi connectivity index (χ1) is 12.6. The summed E-state index contributed by atoms with van der Waals surface area (Å²) in [6, 6.07) is 7.72. The summed E-state index contributed by atoms with van der Waals surface area (Å²) in [5.74, 6) is 0.144. The molecule has 6 heteroatoms. The van der Waals surface area contributed by atoms with Crippen molar-refractivity contribution in [1.29, 1.82) is 0 Å². The Labute approximate surface area is 156 Å². The summed E-state index contributed by atoms with van der Waals surface area (Å²) in [7, 11) is 2.12. The molecule has 0 radical (unpaired) electrons. The van der Waals surface area contributed by atoms with E-state index in [1.54, 1.807) is 0 Å². The van der Waals surface area contributed by atoms with Crippen LogP contribution in [-0.4, -0.2) is 85.4 Å². The first-order valence-corrected chi connectivity index (χ1v) is 9.67. The number of carbonyl (C=O) groups excluding carboxylic acids is 2. The number of nitrogens with one attached hydrogen (secondary N) is 1. The molecule has 2 aliphatic rings. The number of amides is 2. The summed E-state index contributed by atoms with van der Waals surface area (Å²) in [5, 5.41) is 2.93. The van der Waals surface area contributed by atoms with Crippen LogP contribution in [0.25, 0.3) is 0 Å². The predicted molar refractivity (Wildman–Crippen MR) is 102 cm³/mol. The number of hydrogen-bond acceptors (Lipinski definition) is 4. The molecule has 1 N–H and O–H groups in total. The SMILES string of the molecule is CCc1ccc(C(=O)NCCN2CCC(N3CCN(C)CC3)C2=O)cc1. The lowest BCUT2D eigenvalue weighted by Gasteiger charge is -2.35. The van der Waals surface area contributed by atoms with Gasteiger partial charge in [0.05, 0.1) is 6.04 Å². The smallest absolute Gasteiger partial charge is 0.251 e. The molecule has 2 amide bonds. The van der Waals surface area contributed by atoms with Gasteiger partial charge in [0.15, 0.2) is 0 Å². The fourth-order valence-electron chi connectivity index (χ4n) is 3.72. The fraction of sp³-hybridized carbons (Fsp3) is 0.600. The van der Waals surface area contributed by atoms with E-state index in [1.807, 2.05) is 29.2 Å². The van der Waals surface area contributed by atoms with Gasteiger partial charge < -0.3 is 15.1 Å². The standard InChI is InChI=1S/C20H30N4O2/c1-3-16-4-6-17(7-5-16)19(25)21-9-11-24-10-8-18(20(24)26)23-14-12-22(2)13-15-23/h4-7,18H,3,8-15H2,1-2H3,(H,21,25). The van der Waals surface area contributed by atoms with E-state index in [2.05, 4.69) is 29.1 Å². The highest BCUT2D eigenvalue weighted by molar-refractivity contribution is 5.94. The molecule has 6 nitrogen and oxygen atoms in total. The Bertz CT molecular complexity index is 623. The van der Waals surface area contributed by atoms with Crippen LogP contribution in [0, 0.1) is 0 Å². The van der Waals surface area contributed by atoms with E-state index in [1.165, 1.54) is 5.56 Å². The molecule has 2 fully saturated rings. The highest BCUT2D eigenvalue weighted by Gasteiger charge is 2.36. The third-order valence-corrected chi connectivity index (χ3v) is 5.54. The van der Waals surface area contributed by atoms with Crippen molar-refractivity contribution in [3.8, 4) is 0 Å². The molecule has 2 aliphatic heterocycles. The normalized spacial score (nSPS) is 22.0. The van der Waals surface area contributed by atoms with Crippen molar-refractivity contribution in [3.05, 3.63) is 35.4 Å². The zero-order valence-electron chi connectivity index (χ0n) is 15.9. The summed E-state index contributed by atoms with van der Waals surface area (Å²) in [6.45, 7) is 7.94. The quantitative estimate of drug-likeness (QED) is 0.818. The third kappa shape index (κ3) is 4.43. The van der Waals surface area contributed by atoms with Crippen LogP contribution in [0.2, 0.25) is 0 Å². The van der Waals surface area contributed by atoms with E-state index >= 15 is 0 Å². The molecule has 26 heavy (non-hydrogen) atoms. The predicted octanol–water partition coefficient (Wildman–Crippen LogP) is 0.827. The van der Waals surface area contributed by atoms with Crippen LogP contribution >= 0.6 is 0 Å². The van der Waals surface area contributed by atoms with Gasteiger partial charge in [0.25, 0.3) is 5.91 Å². The summed E-state index contributed by atoms with van der Waals surface area (Å²) in [5.41, 5.74) is 1.89. The van der Waals surface area contributed by atoms with Gasteiger partial charge in [0.2, 0.25) is 5.91 Å². The van der Waals surface area contributed by atoms with Crippen LogP contribution in [0.5, 0.6) is 0 Å². The van der Waals surface area contributed by atoms with Crippen molar-refractivity contribution in [2.45, 2.75) is 25.8 Å². The molecule has 3 rings (SSSR count). The molecule has 2 heterocycles. The van der Waals surface area contributed by atoms with Gasteiger partial charge >= 0.3 is 0 Å². The lowest BCUT2D eigenvalue weighted by Crippen LogP contribution is -2.51. The Kier molecular flexibility index (Phi) is 6.27. The van der Waals surface area contributed by atoms with Crippen molar-refractivity contribution in [2.75, 3.05) is 52.9 Å². The van der Waals surface area contributed by atoms with Crippen LogP contribution < -0.4 is 5.32 Å². The maximum Gasteiger partial charge on any atom is 0.251 e. The lowest BCUT2D eigenvalue weighted by molar-refractivity contribution is -0.132. The molecule has 0 spiro atoms. The third-order valence-electron chi connectivity index (χ3n) is 5.54. The minimum Gasteiger partial charge on any atom is -0.350 e. The van der Waals surface area contributed by atoms with E-state index in [0.29, 0.717) is 18.7 Å². The lowest BCUT2D eigenvalue weighted by atomic mass is 10.1. The molecule has 0 bridgehead atoms. The average molecular weight is 358 g/mol. The van der Waals surface area contributed by atoms with Crippen molar-refractivity contribution in [1.82, 2.24) is 20.0 Å². The summed E-state index contributed by atoms with van der Waals surface area (Å²) in [6.07, 6.45) is 1.86. The zero-order valence-corrected chi connectivity index (χ0v) is 15.9. The van der Waals surface area contributed by atoms with Crippen molar-refractivity contribution < 1.29 is 9.59 Å². The van der Waals surface area contributed by atoms with E-state index < -0.39 is 0 Å². The number of aryl methyl sites for hydroxylation is 1. The molecule has 1 atom stereocenters. The molecule has 0 aromatic heterocycles. The number of benzene rings is 1. The van der Waals surface area contributed by atoms with Crippen molar-refractivity contribution >= 4 is 11.8 Å². The Morgan fingerprint density at radius 1 is 1.12 bits per heavy atom. The summed E-state index contributed by atoms with van der Waals surface area (Å²) < 4.78 is 0. The number of rotatable bonds is 6. The number of likely N-dealkylation sites (N-methyl/N-ethyl adjacent to an activating group) is 1. The van der Waals surface area contributed by atoms with Gasteiger partial charge in [-0.3, -0.25) is 14.5 Å². The van der Waals surface area contributed by atoms with Crippen molar-refractivity contribution in [2.24, 2.45) is 0 Å². The second kappa shape index (κ2) is 8.64. The molecular weight excluding hydrogens is 328 g/mol. The van der Waals surface area contributed by atoms with Gasteiger partial charge in [-0.1, -0.05) is 19.1 Å². The minimum atomic E-state index is -0.0742. The van der Waals surface area contributed by atoms with E-state index in [-0.39, 0.29) is 17.9 Å². The molecule has 142 valence electrons. The Morgan fingerprint density at radius 2 is 1.81 bits per heavy atom. The highest BCUT2D eigenvalue weighted by Crippen LogP contribution is 2.18. The number of hydrogen-bond donors (Lipinski definition) is 1. The van der Waals surface area contributed by atoms with E-state index in [0.717, 1.165) is 45.6 Å². The fourth-order valence-corrected chi connectivity index (χ4v) is 3.72. The Hall–Kier alpha value is -1.92. The van der Waals surface area contributed by atoms with Gasteiger partial charge in [-0.15, -0.1) is 0 Å². The number of nitrogens with zero attached hydrogens (tertiary/aromatic N) is 3. The summed E-state index contributed by atoms with van der Waals surface area (Å²) in [4.78, 5) is 31.4.